The van der Waals surface area contributed by atoms with Crippen molar-refractivity contribution in [2.45, 2.75) is 6.92 Å². The summed E-state index contributed by atoms with van der Waals surface area (Å²) in [6.07, 6.45) is 0. The van der Waals surface area contributed by atoms with E-state index in [0.29, 0.717) is 22.6 Å². The summed E-state index contributed by atoms with van der Waals surface area (Å²) in [5, 5.41) is 0. The Bertz CT molecular complexity index is 591. The molecule has 2 rings (SSSR count). The molecule has 0 atom stereocenters. The lowest BCUT2D eigenvalue weighted by Crippen LogP contribution is -2.04. The summed E-state index contributed by atoms with van der Waals surface area (Å²) < 4.78 is 5.07. The molecular weight excluding hydrogens is 226 g/mol. The molecule has 3 nitrogen and oxygen atoms in total. The first-order valence-electron chi connectivity index (χ1n) is 5.67. The number of ketones is 1. The number of aryl methyl sites for hydroxylation is 1. The molecule has 0 aliphatic carbocycles. The fourth-order valence-corrected chi connectivity index (χ4v) is 1.86. The third-order valence-corrected chi connectivity index (χ3v) is 2.88. The van der Waals surface area contributed by atoms with Gasteiger partial charge in [-0.05, 0) is 30.7 Å². The van der Waals surface area contributed by atoms with Crippen LogP contribution in [0.3, 0.4) is 0 Å². The van der Waals surface area contributed by atoms with Crippen LogP contribution in [-0.2, 0) is 0 Å². The number of nitrogen functional groups attached to an aromatic ring is 1. The molecule has 0 amide bonds. The number of hydrogen-bond donors (Lipinski definition) is 1. The molecule has 0 radical (unpaired) electrons. The molecule has 2 aromatic carbocycles. The molecule has 3 heteroatoms. The second-order valence-corrected chi connectivity index (χ2v) is 4.10. The smallest absolute Gasteiger partial charge is 0.193 e. The lowest BCUT2D eigenvalue weighted by Gasteiger charge is -2.08. The van der Waals surface area contributed by atoms with E-state index in [0.717, 1.165) is 5.56 Å². The Morgan fingerprint density at radius 2 is 1.89 bits per heavy atom. The minimum atomic E-state index is -0.0255. The monoisotopic (exact) mass is 241 g/mol. The fraction of sp³-hybridized carbons (Fsp3) is 0.133. The van der Waals surface area contributed by atoms with E-state index in [1.54, 1.807) is 25.3 Å². The van der Waals surface area contributed by atoms with Crippen LogP contribution in [0.4, 0.5) is 5.69 Å². The van der Waals surface area contributed by atoms with E-state index in [1.807, 2.05) is 31.2 Å². The molecule has 0 heterocycles. The standard InChI is InChI=1S/C15H15NO2/c1-10-5-3-4-6-12(10)15(17)11-7-8-14(18-2)13(16)9-11/h3-9H,16H2,1-2H3. The van der Waals surface area contributed by atoms with Gasteiger partial charge in [-0.15, -0.1) is 0 Å². The van der Waals surface area contributed by atoms with E-state index in [4.69, 9.17) is 10.5 Å². The van der Waals surface area contributed by atoms with E-state index >= 15 is 0 Å². The van der Waals surface area contributed by atoms with Gasteiger partial charge in [0.2, 0.25) is 0 Å². The van der Waals surface area contributed by atoms with Crippen molar-refractivity contribution in [2.75, 3.05) is 12.8 Å². The Morgan fingerprint density at radius 3 is 2.50 bits per heavy atom. The third-order valence-electron chi connectivity index (χ3n) is 2.88. The highest BCUT2D eigenvalue weighted by Crippen LogP contribution is 2.24. The fourth-order valence-electron chi connectivity index (χ4n) is 1.86. The SMILES string of the molecule is COc1ccc(C(=O)c2ccccc2C)cc1N. The van der Waals surface area contributed by atoms with Crippen molar-refractivity contribution in [3.8, 4) is 5.75 Å². The number of rotatable bonds is 3. The van der Waals surface area contributed by atoms with Gasteiger partial charge >= 0.3 is 0 Å². The number of anilines is 1. The molecule has 0 unspecified atom stereocenters. The Balaban J connectivity index is 2.41. The number of hydrogen-bond acceptors (Lipinski definition) is 3. The zero-order valence-electron chi connectivity index (χ0n) is 10.4. The van der Waals surface area contributed by atoms with Crippen LogP contribution >= 0.6 is 0 Å². The highest BCUT2D eigenvalue weighted by Gasteiger charge is 2.12. The lowest BCUT2D eigenvalue weighted by molar-refractivity contribution is 0.103. The second kappa shape index (κ2) is 4.92. The molecule has 0 aliphatic heterocycles. The first-order valence-corrected chi connectivity index (χ1v) is 5.67. The molecule has 0 spiro atoms. The van der Waals surface area contributed by atoms with Crippen molar-refractivity contribution in [3.63, 3.8) is 0 Å². The number of carbonyl (C=O) groups excluding carboxylic acids is 1. The highest BCUT2D eigenvalue weighted by molar-refractivity contribution is 6.10. The molecule has 2 aromatic rings. The van der Waals surface area contributed by atoms with Crippen molar-refractivity contribution in [2.24, 2.45) is 0 Å². The molecular formula is C15H15NO2. The molecule has 0 bridgehead atoms. The third kappa shape index (κ3) is 2.20. The average molecular weight is 241 g/mol. The van der Waals surface area contributed by atoms with Crippen molar-refractivity contribution < 1.29 is 9.53 Å². The molecule has 18 heavy (non-hydrogen) atoms. The first-order chi connectivity index (χ1) is 8.63. The summed E-state index contributed by atoms with van der Waals surface area (Å²) in [4.78, 5) is 12.3. The van der Waals surface area contributed by atoms with Crippen molar-refractivity contribution in [3.05, 3.63) is 59.2 Å². The number of nitrogens with two attached hydrogens (primary N) is 1. The van der Waals surface area contributed by atoms with E-state index in [-0.39, 0.29) is 5.78 Å². The van der Waals surface area contributed by atoms with Crippen LogP contribution < -0.4 is 10.5 Å². The van der Waals surface area contributed by atoms with E-state index in [2.05, 4.69) is 0 Å². The topological polar surface area (TPSA) is 52.3 Å². The van der Waals surface area contributed by atoms with Crippen molar-refractivity contribution >= 4 is 11.5 Å². The second-order valence-electron chi connectivity index (χ2n) is 4.10. The first kappa shape index (κ1) is 12.2. The van der Waals surface area contributed by atoms with E-state index < -0.39 is 0 Å². The van der Waals surface area contributed by atoms with Gasteiger partial charge in [0, 0.05) is 11.1 Å². The van der Waals surface area contributed by atoms with Gasteiger partial charge in [0.15, 0.2) is 5.78 Å². The van der Waals surface area contributed by atoms with Crippen LogP contribution in [0.15, 0.2) is 42.5 Å². The van der Waals surface area contributed by atoms with Crippen LogP contribution in [0.25, 0.3) is 0 Å². The van der Waals surface area contributed by atoms with E-state index in [1.165, 1.54) is 0 Å². The normalized spacial score (nSPS) is 10.1. The summed E-state index contributed by atoms with van der Waals surface area (Å²) in [6, 6.07) is 12.6. The van der Waals surface area contributed by atoms with E-state index in [9.17, 15) is 4.79 Å². The van der Waals surface area contributed by atoms with Crippen molar-refractivity contribution in [1.82, 2.24) is 0 Å². The minimum Gasteiger partial charge on any atom is -0.495 e. The van der Waals surface area contributed by atoms with Crippen LogP contribution in [0.5, 0.6) is 5.75 Å². The van der Waals surface area contributed by atoms with Crippen LogP contribution in [-0.4, -0.2) is 12.9 Å². The van der Waals surface area contributed by atoms with Gasteiger partial charge in [-0.3, -0.25) is 4.79 Å². The average Bonchev–Trinajstić information content (AvgIpc) is 2.38. The van der Waals surface area contributed by atoms with Gasteiger partial charge in [0.25, 0.3) is 0 Å². The number of ether oxygens (including phenoxy) is 1. The summed E-state index contributed by atoms with van der Waals surface area (Å²) in [5.74, 6) is 0.554. The Labute approximate surface area is 106 Å². The van der Waals surface area contributed by atoms with Gasteiger partial charge in [-0.1, -0.05) is 24.3 Å². The maximum Gasteiger partial charge on any atom is 0.193 e. The number of benzene rings is 2. The van der Waals surface area contributed by atoms with Crippen LogP contribution in [0.1, 0.15) is 21.5 Å². The molecule has 0 aromatic heterocycles. The van der Waals surface area contributed by atoms with Crippen LogP contribution in [0, 0.1) is 6.92 Å². The van der Waals surface area contributed by atoms with Gasteiger partial charge in [-0.25, -0.2) is 0 Å². The summed E-state index contributed by atoms with van der Waals surface area (Å²) in [5.41, 5.74) is 8.50. The Kier molecular flexibility index (Phi) is 3.33. The maximum absolute atomic E-state index is 12.3. The quantitative estimate of drug-likeness (QED) is 0.664. The number of carbonyl (C=O) groups is 1. The summed E-state index contributed by atoms with van der Waals surface area (Å²) in [6.45, 7) is 1.92. The molecule has 92 valence electrons. The number of methoxy groups -OCH3 is 1. The van der Waals surface area contributed by atoms with Crippen LogP contribution in [0.2, 0.25) is 0 Å². The minimum absolute atomic E-state index is 0.0255. The molecule has 2 N–H and O–H groups in total. The van der Waals surface area contributed by atoms with Gasteiger partial charge in [0.05, 0.1) is 12.8 Å². The largest absolute Gasteiger partial charge is 0.495 e. The predicted molar refractivity (Wildman–Crippen MR) is 72.0 cm³/mol. The molecule has 0 saturated heterocycles. The molecule has 0 fully saturated rings. The lowest BCUT2D eigenvalue weighted by atomic mass is 9.99. The zero-order valence-corrected chi connectivity index (χ0v) is 10.4. The summed E-state index contributed by atoms with van der Waals surface area (Å²) in [7, 11) is 1.55. The van der Waals surface area contributed by atoms with Gasteiger partial charge in [-0.2, -0.15) is 0 Å². The Hall–Kier alpha value is -2.29. The van der Waals surface area contributed by atoms with Gasteiger partial charge < -0.3 is 10.5 Å². The maximum atomic E-state index is 12.3. The molecule has 0 saturated carbocycles. The zero-order chi connectivity index (χ0) is 13.1. The molecule has 0 aliphatic rings. The Morgan fingerprint density at radius 1 is 1.17 bits per heavy atom. The highest BCUT2D eigenvalue weighted by atomic mass is 16.5. The van der Waals surface area contributed by atoms with Crippen molar-refractivity contribution in [1.29, 1.82) is 0 Å². The summed E-state index contributed by atoms with van der Waals surface area (Å²) >= 11 is 0. The van der Waals surface area contributed by atoms with Gasteiger partial charge in [0.1, 0.15) is 5.75 Å². The predicted octanol–water partition coefficient (Wildman–Crippen LogP) is 2.82.